The lowest BCUT2D eigenvalue weighted by molar-refractivity contribution is -0.0504. The van der Waals surface area contributed by atoms with Gasteiger partial charge in [-0.25, -0.2) is 0 Å². The van der Waals surface area contributed by atoms with Gasteiger partial charge in [-0.05, 0) is 45.4 Å². The highest BCUT2D eigenvalue weighted by atomic mass is 32.1. The van der Waals surface area contributed by atoms with Crippen molar-refractivity contribution in [2.75, 3.05) is 0 Å². The highest BCUT2D eigenvalue weighted by Crippen LogP contribution is 2.43. The van der Waals surface area contributed by atoms with Crippen LogP contribution in [0.25, 0.3) is 0 Å². The summed E-state index contributed by atoms with van der Waals surface area (Å²) in [6.45, 7) is 8.80. The molecule has 0 spiro atoms. The molecular formula is C12H25BOS. The monoisotopic (exact) mass is 228 g/mol. The first-order valence-corrected chi connectivity index (χ1v) is 6.62. The van der Waals surface area contributed by atoms with E-state index in [4.69, 9.17) is 17.4 Å². The quantitative estimate of drug-likeness (QED) is 0.577. The molecule has 1 saturated carbocycles. The van der Waals surface area contributed by atoms with Crippen LogP contribution in [0.15, 0.2) is 0 Å². The lowest BCUT2D eigenvalue weighted by atomic mass is 9.65. The van der Waals surface area contributed by atoms with Crippen LogP contribution in [0.5, 0.6) is 0 Å². The fraction of sp³-hybridized carbons (Fsp3) is 1.00. The van der Waals surface area contributed by atoms with Crippen LogP contribution in [0.1, 0.15) is 53.4 Å². The zero-order valence-electron chi connectivity index (χ0n) is 10.8. The van der Waals surface area contributed by atoms with Crippen molar-refractivity contribution >= 4 is 20.5 Å². The third-order valence-electron chi connectivity index (χ3n) is 3.77. The van der Waals surface area contributed by atoms with Crippen molar-refractivity contribution in [2.45, 2.75) is 69.7 Å². The molecule has 0 heterocycles. The van der Waals surface area contributed by atoms with Crippen LogP contribution < -0.4 is 0 Å². The minimum absolute atomic E-state index is 0.0925. The van der Waals surface area contributed by atoms with Crippen LogP contribution >= 0.6 is 12.6 Å². The van der Waals surface area contributed by atoms with Gasteiger partial charge >= 0.3 is 0 Å². The van der Waals surface area contributed by atoms with Gasteiger partial charge < -0.3 is 4.74 Å². The van der Waals surface area contributed by atoms with Gasteiger partial charge in [0.15, 0.2) is 0 Å². The van der Waals surface area contributed by atoms with Gasteiger partial charge in [-0.3, -0.25) is 0 Å². The summed E-state index contributed by atoms with van der Waals surface area (Å²) in [5, 5.41) is 0. The van der Waals surface area contributed by atoms with E-state index >= 15 is 0 Å². The average molecular weight is 228 g/mol. The predicted molar refractivity (Wildman–Crippen MR) is 72.5 cm³/mol. The number of hydrogen-bond acceptors (Lipinski definition) is 2. The Morgan fingerprint density at radius 3 is 1.87 bits per heavy atom. The maximum atomic E-state index is 6.02. The van der Waals surface area contributed by atoms with Crippen molar-refractivity contribution in [3.05, 3.63) is 0 Å². The van der Waals surface area contributed by atoms with Gasteiger partial charge in [0.1, 0.15) is 7.85 Å². The van der Waals surface area contributed by atoms with E-state index < -0.39 is 0 Å². The van der Waals surface area contributed by atoms with E-state index in [9.17, 15) is 0 Å². The summed E-state index contributed by atoms with van der Waals surface area (Å²) in [6.07, 6.45) is 4.98. The van der Waals surface area contributed by atoms with Crippen molar-refractivity contribution in [3.63, 3.8) is 0 Å². The first-order valence-electron chi connectivity index (χ1n) is 6.18. The Morgan fingerprint density at radius 1 is 1.07 bits per heavy atom. The molecule has 0 bridgehead atoms. The molecule has 0 amide bonds. The van der Waals surface area contributed by atoms with E-state index in [1.54, 1.807) is 0 Å². The molecule has 88 valence electrons. The van der Waals surface area contributed by atoms with E-state index in [0.717, 1.165) is 12.8 Å². The molecule has 1 nitrogen and oxygen atoms in total. The Kier molecular flexibility index (Phi) is 4.22. The normalized spacial score (nSPS) is 37.5. The molecule has 0 atom stereocenters. The Hall–Kier alpha value is 0.375. The van der Waals surface area contributed by atoms with Crippen molar-refractivity contribution < 1.29 is 4.74 Å². The smallest absolute Gasteiger partial charge is 0.143 e. The number of hydrogen-bond donors (Lipinski definition) is 1. The fourth-order valence-electron chi connectivity index (χ4n) is 2.48. The lowest BCUT2D eigenvalue weighted by Crippen LogP contribution is -2.45. The van der Waals surface area contributed by atoms with Crippen molar-refractivity contribution in [1.82, 2.24) is 0 Å². The summed E-state index contributed by atoms with van der Waals surface area (Å²) < 4.78 is 6.25. The molecule has 3 heteroatoms. The first kappa shape index (κ1) is 13.4. The van der Waals surface area contributed by atoms with E-state index in [-0.39, 0.29) is 10.2 Å². The van der Waals surface area contributed by atoms with Gasteiger partial charge in [0, 0.05) is 10.2 Å². The van der Waals surface area contributed by atoms with Crippen LogP contribution in [0, 0.1) is 5.92 Å². The van der Waals surface area contributed by atoms with Crippen LogP contribution in [0.2, 0.25) is 0 Å². The third kappa shape index (κ3) is 3.42. The lowest BCUT2D eigenvalue weighted by Gasteiger charge is -2.45. The van der Waals surface area contributed by atoms with Crippen molar-refractivity contribution in [1.29, 1.82) is 0 Å². The number of rotatable bonds is 3. The molecule has 1 aliphatic carbocycles. The van der Waals surface area contributed by atoms with Crippen molar-refractivity contribution in [3.8, 4) is 0 Å². The van der Waals surface area contributed by atoms with Crippen LogP contribution in [0.3, 0.4) is 0 Å². The average Bonchev–Trinajstić information content (AvgIpc) is 2.09. The van der Waals surface area contributed by atoms with Gasteiger partial charge in [-0.2, -0.15) is 12.6 Å². The summed E-state index contributed by atoms with van der Waals surface area (Å²) in [5.41, 5.74) is 0.0925. The molecule has 0 aromatic heterocycles. The van der Waals surface area contributed by atoms with E-state index in [1.807, 2.05) is 0 Å². The second-order valence-corrected chi connectivity index (χ2v) is 6.77. The molecule has 0 aromatic rings. The van der Waals surface area contributed by atoms with Crippen LogP contribution in [-0.2, 0) is 4.74 Å². The van der Waals surface area contributed by atoms with Gasteiger partial charge in [0.25, 0.3) is 0 Å². The largest absolute Gasteiger partial charge is 0.381 e. The molecule has 0 aromatic carbocycles. The summed E-state index contributed by atoms with van der Waals surface area (Å²) in [6, 6.07) is 0. The molecule has 0 aliphatic heterocycles. The molecular weight excluding hydrogens is 203 g/mol. The van der Waals surface area contributed by atoms with Crippen molar-refractivity contribution in [2.24, 2.45) is 5.92 Å². The molecule has 1 rings (SSSR count). The molecule has 1 aliphatic rings. The second kappa shape index (κ2) is 4.71. The first-order chi connectivity index (χ1) is 6.77. The predicted octanol–water partition coefficient (Wildman–Crippen LogP) is 2.64. The van der Waals surface area contributed by atoms with Crippen LogP contribution in [0.4, 0.5) is 0 Å². The fourth-order valence-corrected chi connectivity index (χ4v) is 2.70. The van der Waals surface area contributed by atoms with E-state index in [0.29, 0.717) is 12.0 Å². The SMILES string of the molecule is BC1(OC(C)C)CCC(S)(C(C)C)CC1. The van der Waals surface area contributed by atoms with Crippen LogP contribution in [-0.4, -0.2) is 24.2 Å². The molecule has 1 fully saturated rings. The van der Waals surface area contributed by atoms with Gasteiger partial charge in [0.05, 0.1) is 6.10 Å². The molecule has 0 N–H and O–H groups in total. The third-order valence-corrected chi connectivity index (χ3v) is 4.73. The summed E-state index contributed by atoms with van der Waals surface area (Å²) in [4.78, 5) is 0. The summed E-state index contributed by atoms with van der Waals surface area (Å²) in [7, 11) is 2.25. The highest BCUT2D eigenvalue weighted by molar-refractivity contribution is 7.81. The number of thiol groups is 1. The molecule has 15 heavy (non-hydrogen) atoms. The molecule has 0 unspecified atom stereocenters. The Balaban J connectivity index is 2.54. The Labute approximate surface area is 101 Å². The minimum atomic E-state index is 0.0925. The van der Waals surface area contributed by atoms with Gasteiger partial charge in [-0.15, -0.1) is 0 Å². The maximum Gasteiger partial charge on any atom is 0.143 e. The zero-order chi connectivity index (χ0) is 11.7. The standard InChI is InChI=1S/C12H25BOS/c1-9(2)11(15)5-7-12(13,8-6-11)14-10(3)4/h9-10,15H,5-8,13H2,1-4H3. The highest BCUT2D eigenvalue weighted by Gasteiger charge is 2.40. The second-order valence-electron chi connectivity index (χ2n) is 5.87. The maximum absolute atomic E-state index is 6.02. The minimum Gasteiger partial charge on any atom is -0.381 e. The topological polar surface area (TPSA) is 9.23 Å². The van der Waals surface area contributed by atoms with Gasteiger partial charge in [0.2, 0.25) is 0 Å². The zero-order valence-corrected chi connectivity index (χ0v) is 11.7. The summed E-state index contributed by atoms with van der Waals surface area (Å²) in [5.74, 6) is 0.657. The van der Waals surface area contributed by atoms with E-state index in [2.05, 4.69) is 35.5 Å². The Bertz CT molecular complexity index is 208. The molecule has 0 saturated heterocycles. The van der Waals surface area contributed by atoms with Gasteiger partial charge in [-0.1, -0.05) is 13.8 Å². The summed E-state index contributed by atoms with van der Waals surface area (Å²) >= 11 is 4.86. The molecule has 0 radical (unpaired) electrons. The Morgan fingerprint density at radius 2 is 1.53 bits per heavy atom. The van der Waals surface area contributed by atoms with E-state index in [1.165, 1.54) is 12.8 Å². The number of ether oxygens (including phenoxy) is 1.